The van der Waals surface area contributed by atoms with Crippen molar-refractivity contribution in [3.05, 3.63) is 62.8 Å². The molecule has 8 heteroatoms. The summed E-state index contributed by atoms with van der Waals surface area (Å²) in [5.74, 6) is -0.228. The molecular formula is C17H18FN5OS. The second kappa shape index (κ2) is 6.62. The predicted octanol–water partition coefficient (Wildman–Crippen LogP) is 1.75. The third-order valence-electron chi connectivity index (χ3n) is 4.34. The van der Waals surface area contributed by atoms with E-state index in [-0.39, 0.29) is 17.4 Å². The average Bonchev–Trinajstić information content (AvgIpc) is 2.98. The molecule has 0 aliphatic carbocycles. The summed E-state index contributed by atoms with van der Waals surface area (Å²) in [5.41, 5.74) is 1.48. The molecule has 0 radical (unpaired) electrons. The molecule has 0 spiro atoms. The minimum Gasteiger partial charge on any atom is -0.314 e. The molecule has 3 aromatic rings. The van der Waals surface area contributed by atoms with Gasteiger partial charge in [0.15, 0.2) is 0 Å². The van der Waals surface area contributed by atoms with Crippen molar-refractivity contribution in [2.75, 3.05) is 19.6 Å². The molecule has 0 bridgehead atoms. The third-order valence-corrected chi connectivity index (χ3v) is 5.23. The van der Waals surface area contributed by atoms with Crippen LogP contribution in [0.25, 0.3) is 4.96 Å². The number of fused-ring (bicyclic) bond motifs is 1. The van der Waals surface area contributed by atoms with Crippen molar-refractivity contribution >= 4 is 16.3 Å². The van der Waals surface area contributed by atoms with Crippen molar-refractivity contribution in [3.8, 4) is 0 Å². The largest absolute Gasteiger partial charge is 0.314 e. The zero-order valence-electron chi connectivity index (χ0n) is 13.8. The molecule has 1 aromatic carbocycles. The second-order valence-corrected chi connectivity index (χ2v) is 7.21. The Morgan fingerprint density at radius 3 is 3.12 bits per heavy atom. The van der Waals surface area contributed by atoms with Crippen LogP contribution in [0.1, 0.15) is 22.3 Å². The number of halogens is 1. The summed E-state index contributed by atoms with van der Waals surface area (Å²) in [6.45, 7) is 4.87. The molecule has 1 unspecified atom stereocenters. The van der Waals surface area contributed by atoms with Crippen LogP contribution in [0.15, 0.2) is 35.1 Å². The van der Waals surface area contributed by atoms with Gasteiger partial charge in [-0.3, -0.25) is 9.69 Å². The first-order valence-corrected chi connectivity index (χ1v) is 8.98. The Morgan fingerprint density at radius 2 is 2.28 bits per heavy atom. The molecular weight excluding hydrogens is 341 g/mol. The molecule has 0 amide bonds. The molecule has 1 aliphatic rings. The van der Waals surface area contributed by atoms with Gasteiger partial charge in [-0.25, -0.2) is 9.37 Å². The molecule has 25 heavy (non-hydrogen) atoms. The summed E-state index contributed by atoms with van der Waals surface area (Å²) in [7, 11) is 0. The Bertz CT molecular complexity index is 969. The van der Waals surface area contributed by atoms with Gasteiger partial charge in [0, 0.05) is 37.4 Å². The number of aromatic nitrogens is 3. The van der Waals surface area contributed by atoms with E-state index >= 15 is 0 Å². The molecule has 4 rings (SSSR count). The number of piperazine rings is 1. The fourth-order valence-electron chi connectivity index (χ4n) is 3.18. The number of rotatable bonds is 3. The molecule has 3 heterocycles. The Hall–Kier alpha value is -2.16. The number of benzene rings is 1. The second-order valence-electron chi connectivity index (χ2n) is 6.17. The predicted molar refractivity (Wildman–Crippen MR) is 94.3 cm³/mol. The van der Waals surface area contributed by atoms with Crippen LogP contribution in [0.3, 0.4) is 0 Å². The lowest BCUT2D eigenvalue weighted by atomic mass is 10.0. The zero-order chi connectivity index (χ0) is 17.4. The molecule has 2 aromatic heterocycles. The van der Waals surface area contributed by atoms with E-state index in [0.29, 0.717) is 17.2 Å². The van der Waals surface area contributed by atoms with E-state index < -0.39 is 0 Å². The van der Waals surface area contributed by atoms with Gasteiger partial charge in [0.05, 0.1) is 6.54 Å². The van der Waals surface area contributed by atoms with Crippen molar-refractivity contribution in [2.24, 2.45) is 0 Å². The van der Waals surface area contributed by atoms with Crippen molar-refractivity contribution in [3.63, 3.8) is 0 Å². The normalized spacial score (nSPS) is 18.7. The van der Waals surface area contributed by atoms with Crippen LogP contribution in [0.5, 0.6) is 0 Å². The summed E-state index contributed by atoms with van der Waals surface area (Å²) < 4.78 is 15.0. The van der Waals surface area contributed by atoms with Crippen LogP contribution in [-0.2, 0) is 6.54 Å². The number of aryl methyl sites for hydroxylation is 1. The van der Waals surface area contributed by atoms with E-state index in [1.54, 1.807) is 19.1 Å². The first kappa shape index (κ1) is 16.3. The Labute approximate surface area is 147 Å². The van der Waals surface area contributed by atoms with Crippen molar-refractivity contribution in [2.45, 2.75) is 19.5 Å². The van der Waals surface area contributed by atoms with E-state index in [4.69, 9.17) is 0 Å². The summed E-state index contributed by atoms with van der Waals surface area (Å²) in [5, 5.41) is 8.61. The minimum atomic E-state index is -0.228. The Kier molecular flexibility index (Phi) is 4.32. The van der Waals surface area contributed by atoms with Gasteiger partial charge in [0.1, 0.15) is 10.8 Å². The first-order valence-electron chi connectivity index (χ1n) is 8.17. The molecule has 1 saturated heterocycles. The third kappa shape index (κ3) is 3.33. The fraction of sp³-hybridized carbons (Fsp3) is 0.353. The van der Waals surface area contributed by atoms with Gasteiger partial charge >= 0.3 is 0 Å². The summed E-state index contributed by atoms with van der Waals surface area (Å²) in [4.78, 5) is 19.3. The Morgan fingerprint density at radius 1 is 1.40 bits per heavy atom. The molecule has 1 N–H and O–H groups in total. The van der Waals surface area contributed by atoms with Gasteiger partial charge in [-0.2, -0.15) is 9.61 Å². The highest BCUT2D eigenvalue weighted by molar-refractivity contribution is 7.16. The molecule has 1 fully saturated rings. The van der Waals surface area contributed by atoms with Crippen molar-refractivity contribution in [1.29, 1.82) is 0 Å². The van der Waals surface area contributed by atoms with Gasteiger partial charge in [-0.15, -0.1) is 0 Å². The van der Waals surface area contributed by atoms with Crippen LogP contribution in [0.4, 0.5) is 4.39 Å². The van der Waals surface area contributed by atoms with Gasteiger partial charge < -0.3 is 5.32 Å². The standard InChI is InChI=1S/C17H18FN5OS/c1-11-7-16(24)23-17(20-11)25-15(21-23)10-22-6-5-19-9-14(22)12-3-2-4-13(18)8-12/h2-4,7-8,14,19H,5-6,9-10H2,1H3. The first-order chi connectivity index (χ1) is 12.1. The lowest BCUT2D eigenvalue weighted by Crippen LogP contribution is -2.45. The molecule has 6 nitrogen and oxygen atoms in total. The topological polar surface area (TPSA) is 62.5 Å². The molecule has 1 atom stereocenters. The zero-order valence-corrected chi connectivity index (χ0v) is 14.6. The van der Waals surface area contributed by atoms with E-state index in [1.165, 1.54) is 28.0 Å². The highest BCUT2D eigenvalue weighted by Gasteiger charge is 2.25. The van der Waals surface area contributed by atoms with Crippen LogP contribution in [0, 0.1) is 12.7 Å². The average molecular weight is 359 g/mol. The molecule has 130 valence electrons. The lowest BCUT2D eigenvalue weighted by Gasteiger charge is -2.35. The Balaban J connectivity index is 1.64. The monoisotopic (exact) mass is 359 g/mol. The SMILES string of the molecule is Cc1cc(=O)n2nc(CN3CCNCC3c3cccc(F)c3)sc2n1. The summed E-state index contributed by atoms with van der Waals surface area (Å²) in [6.07, 6.45) is 0. The summed E-state index contributed by atoms with van der Waals surface area (Å²) >= 11 is 1.42. The van der Waals surface area contributed by atoms with Gasteiger partial charge in [0.25, 0.3) is 5.56 Å². The number of hydrogen-bond acceptors (Lipinski definition) is 6. The van der Waals surface area contributed by atoms with E-state index in [9.17, 15) is 9.18 Å². The maximum absolute atomic E-state index is 13.6. The number of nitrogens with zero attached hydrogens (tertiary/aromatic N) is 4. The lowest BCUT2D eigenvalue weighted by molar-refractivity contribution is 0.153. The van der Waals surface area contributed by atoms with Crippen molar-refractivity contribution in [1.82, 2.24) is 24.8 Å². The maximum Gasteiger partial charge on any atom is 0.275 e. The number of hydrogen-bond donors (Lipinski definition) is 1. The van der Waals surface area contributed by atoms with E-state index in [1.807, 2.05) is 6.07 Å². The highest BCUT2D eigenvalue weighted by Crippen LogP contribution is 2.25. The fourth-order valence-corrected chi connectivity index (χ4v) is 4.15. The van der Waals surface area contributed by atoms with Gasteiger partial charge in [0.2, 0.25) is 4.96 Å². The van der Waals surface area contributed by atoms with Gasteiger partial charge in [-0.1, -0.05) is 23.5 Å². The van der Waals surface area contributed by atoms with E-state index in [2.05, 4.69) is 20.3 Å². The molecule has 1 aliphatic heterocycles. The smallest absolute Gasteiger partial charge is 0.275 e. The van der Waals surface area contributed by atoms with Crippen LogP contribution in [0.2, 0.25) is 0 Å². The minimum absolute atomic E-state index is 0.0721. The van der Waals surface area contributed by atoms with Crippen LogP contribution >= 0.6 is 11.3 Å². The van der Waals surface area contributed by atoms with Crippen molar-refractivity contribution < 1.29 is 4.39 Å². The maximum atomic E-state index is 13.6. The highest BCUT2D eigenvalue weighted by atomic mass is 32.1. The quantitative estimate of drug-likeness (QED) is 0.772. The summed E-state index contributed by atoms with van der Waals surface area (Å²) in [6, 6.07) is 8.28. The van der Waals surface area contributed by atoms with Crippen LogP contribution < -0.4 is 10.9 Å². The van der Waals surface area contributed by atoms with Crippen LogP contribution in [-0.4, -0.2) is 39.1 Å². The molecule has 0 saturated carbocycles. The van der Waals surface area contributed by atoms with E-state index in [0.717, 1.165) is 30.2 Å². The number of nitrogens with one attached hydrogen (secondary N) is 1. The van der Waals surface area contributed by atoms with Gasteiger partial charge in [-0.05, 0) is 24.6 Å².